The lowest BCUT2D eigenvalue weighted by Crippen LogP contribution is -2.09. The first-order valence-electron chi connectivity index (χ1n) is 3.90. The summed E-state index contributed by atoms with van der Waals surface area (Å²) in [6, 6.07) is 0. The zero-order chi connectivity index (χ0) is 7.98. The van der Waals surface area contributed by atoms with E-state index in [-0.39, 0.29) is 0 Å². The predicted molar refractivity (Wildman–Crippen MR) is 52.1 cm³/mol. The van der Waals surface area contributed by atoms with Gasteiger partial charge in [-0.05, 0) is 5.92 Å². The summed E-state index contributed by atoms with van der Waals surface area (Å²) in [7, 11) is 0. The first kappa shape index (κ1) is 10.6. The topological polar surface area (TPSA) is 0 Å². The maximum absolute atomic E-state index is 5.57. The smallest absolute Gasteiger partial charge is 0.0314 e. The van der Waals surface area contributed by atoms with Gasteiger partial charge in [-0.15, -0.1) is 11.6 Å². The van der Waals surface area contributed by atoms with Gasteiger partial charge in [0.1, 0.15) is 0 Å². The Bertz CT molecular complexity index is 75.7. The van der Waals surface area contributed by atoms with E-state index in [1.807, 2.05) is 11.8 Å². The monoisotopic (exact) mass is 180 g/mol. The summed E-state index contributed by atoms with van der Waals surface area (Å²) in [5.41, 5.74) is 0. The van der Waals surface area contributed by atoms with Crippen molar-refractivity contribution in [3.8, 4) is 0 Å². The van der Waals surface area contributed by atoms with Gasteiger partial charge in [0.15, 0.2) is 0 Å². The zero-order valence-corrected chi connectivity index (χ0v) is 8.63. The Morgan fingerprint density at radius 2 is 2.00 bits per heavy atom. The molecule has 0 aliphatic rings. The molecule has 0 radical (unpaired) electrons. The van der Waals surface area contributed by atoms with Gasteiger partial charge in [0.05, 0.1) is 0 Å². The Kier molecular flexibility index (Phi) is 6.76. The molecule has 0 saturated heterocycles. The largest absolute Gasteiger partial charge is 0.157 e. The molecule has 62 valence electrons. The number of hydrogen-bond donors (Lipinski definition) is 0. The summed E-state index contributed by atoms with van der Waals surface area (Å²) >= 11 is 7.55. The van der Waals surface area contributed by atoms with Gasteiger partial charge >= 0.3 is 0 Å². The number of rotatable bonds is 5. The molecule has 0 aromatic carbocycles. The van der Waals surface area contributed by atoms with E-state index >= 15 is 0 Å². The van der Waals surface area contributed by atoms with Gasteiger partial charge < -0.3 is 0 Å². The maximum Gasteiger partial charge on any atom is 0.0314 e. The molecule has 10 heavy (non-hydrogen) atoms. The molecule has 0 nitrogen and oxygen atoms in total. The summed E-state index contributed by atoms with van der Waals surface area (Å²) in [6.07, 6.45) is 1.27. The predicted octanol–water partition coefficient (Wildman–Crippen LogP) is 3.39. The van der Waals surface area contributed by atoms with Crippen molar-refractivity contribution in [1.29, 1.82) is 0 Å². The molecule has 0 heterocycles. The number of hydrogen-bond acceptors (Lipinski definition) is 1. The average molecular weight is 181 g/mol. The first-order valence-corrected chi connectivity index (χ1v) is 5.48. The van der Waals surface area contributed by atoms with Crippen molar-refractivity contribution in [2.45, 2.75) is 32.4 Å². The van der Waals surface area contributed by atoms with Gasteiger partial charge in [0.25, 0.3) is 0 Å². The highest BCUT2D eigenvalue weighted by molar-refractivity contribution is 7.99. The van der Waals surface area contributed by atoms with E-state index in [9.17, 15) is 0 Å². The standard InChI is InChI=1S/C8H17ClS/c1-4-7(2)8(3)10-6-5-9/h7-8H,4-6H2,1-3H3. The second-order valence-corrected chi connectivity index (χ2v) is 4.51. The fourth-order valence-electron chi connectivity index (χ4n) is 0.727. The summed E-state index contributed by atoms with van der Waals surface area (Å²) in [4.78, 5) is 0. The molecular weight excluding hydrogens is 164 g/mol. The fourth-order valence-corrected chi connectivity index (χ4v) is 1.98. The lowest BCUT2D eigenvalue weighted by atomic mass is 10.1. The average Bonchev–Trinajstić information content (AvgIpc) is 1.98. The summed E-state index contributed by atoms with van der Waals surface area (Å²) in [5.74, 6) is 2.70. The SMILES string of the molecule is CCC(C)C(C)SCCCl. The zero-order valence-electron chi connectivity index (χ0n) is 7.06. The van der Waals surface area contributed by atoms with Crippen LogP contribution in [0.1, 0.15) is 27.2 Å². The third-order valence-corrected chi connectivity index (χ3v) is 3.75. The third-order valence-electron chi connectivity index (χ3n) is 1.90. The lowest BCUT2D eigenvalue weighted by molar-refractivity contribution is 0.558. The van der Waals surface area contributed by atoms with E-state index in [1.165, 1.54) is 6.42 Å². The Morgan fingerprint density at radius 1 is 1.40 bits per heavy atom. The Labute approximate surface area is 73.7 Å². The molecule has 2 unspecified atom stereocenters. The molecule has 2 heteroatoms. The number of alkyl halides is 1. The summed E-state index contributed by atoms with van der Waals surface area (Å²) < 4.78 is 0. The molecule has 0 spiro atoms. The highest BCUT2D eigenvalue weighted by Gasteiger charge is 2.08. The van der Waals surface area contributed by atoms with Crippen LogP contribution in [0.4, 0.5) is 0 Å². The molecule has 0 aromatic rings. The summed E-state index contributed by atoms with van der Waals surface area (Å²) in [6.45, 7) is 6.82. The molecule has 2 atom stereocenters. The van der Waals surface area contributed by atoms with E-state index in [0.717, 1.165) is 22.8 Å². The van der Waals surface area contributed by atoms with Gasteiger partial charge in [0, 0.05) is 16.9 Å². The van der Waals surface area contributed by atoms with Crippen molar-refractivity contribution in [3.63, 3.8) is 0 Å². The van der Waals surface area contributed by atoms with Crippen LogP contribution in [-0.2, 0) is 0 Å². The second-order valence-electron chi connectivity index (χ2n) is 2.65. The van der Waals surface area contributed by atoms with Crippen LogP contribution in [0, 0.1) is 5.92 Å². The van der Waals surface area contributed by atoms with Crippen LogP contribution in [0.2, 0.25) is 0 Å². The van der Waals surface area contributed by atoms with Gasteiger partial charge in [-0.25, -0.2) is 0 Å². The van der Waals surface area contributed by atoms with Crippen LogP contribution in [0.15, 0.2) is 0 Å². The molecule has 0 aliphatic carbocycles. The van der Waals surface area contributed by atoms with Gasteiger partial charge in [-0.2, -0.15) is 11.8 Å². The Morgan fingerprint density at radius 3 is 2.40 bits per heavy atom. The van der Waals surface area contributed by atoms with Gasteiger partial charge in [-0.1, -0.05) is 27.2 Å². The molecular formula is C8H17ClS. The second kappa shape index (κ2) is 6.36. The van der Waals surface area contributed by atoms with Crippen molar-refractivity contribution in [3.05, 3.63) is 0 Å². The van der Waals surface area contributed by atoms with Crippen LogP contribution < -0.4 is 0 Å². The Balaban J connectivity index is 3.31. The van der Waals surface area contributed by atoms with Gasteiger partial charge in [-0.3, -0.25) is 0 Å². The van der Waals surface area contributed by atoms with E-state index in [0.29, 0.717) is 0 Å². The van der Waals surface area contributed by atoms with Crippen molar-refractivity contribution in [1.82, 2.24) is 0 Å². The van der Waals surface area contributed by atoms with Crippen LogP contribution in [0.3, 0.4) is 0 Å². The molecule has 0 aromatic heterocycles. The molecule has 0 aliphatic heterocycles. The molecule has 0 N–H and O–H groups in total. The Hall–Kier alpha value is 0.640. The minimum absolute atomic E-state index is 0.767. The van der Waals surface area contributed by atoms with Gasteiger partial charge in [0.2, 0.25) is 0 Å². The summed E-state index contributed by atoms with van der Waals surface area (Å²) in [5, 5.41) is 0.767. The van der Waals surface area contributed by atoms with Crippen LogP contribution >= 0.6 is 23.4 Å². The maximum atomic E-state index is 5.57. The van der Waals surface area contributed by atoms with Crippen molar-refractivity contribution in [2.75, 3.05) is 11.6 Å². The van der Waals surface area contributed by atoms with Crippen LogP contribution in [0.5, 0.6) is 0 Å². The van der Waals surface area contributed by atoms with Crippen LogP contribution in [0.25, 0.3) is 0 Å². The highest BCUT2D eigenvalue weighted by atomic mass is 35.5. The first-order chi connectivity index (χ1) is 4.72. The highest BCUT2D eigenvalue weighted by Crippen LogP contribution is 2.21. The number of halogens is 1. The van der Waals surface area contributed by atoms with Crippen molar-refractivity contribution < 1.29 is 0 Å². The minimum Gasteiger partial charge on any atom is -0.157 e. The lowest BCUT2D eigenvalue weighted by Gasteiger charge is -2.16. The third kappa shape index (κ3) is 4.45. The molecule has 0 fully saturated rings. The van der Waals surface area contributed by atoms with Crippen molar-refractivity contribution >= 4 is 23.4 Å². The molecule has 0 amide bonds. The molecule has 0 rings (SSSR count). The van der Waals surface area contributed by atoms with E-state index in [1.54, 1.807) is 0 Å². The minimum atomic E-state index is 0.767. The van der Waals surface area contributed by atoms with E-state index in [4.69, 9.17) is 11.6 Å². The molecule has 0 saturated carbocycles. The van der Waals surface area contributed by atoms with E-state index < -0.39 is 0 Å². The number of thioether (sulfide) groups is 1. The van der Waals surface area contributed by atoms with E-state index in [2.05, 4.69) is 20.8 Å². The fraction of sp³-hybridized carbons (Fsp3) is 1.00. The van der Waals surface area contributed by atoms with Crippen molar-refractivity contribution in [2.24, 2.45) is 5.92 Å². The van der Waals surface area contributed by atoms with Crippen LogP contribution in [-0.4, -0.2) is 16.9 Å². The molecule has 0 bridgehead atoms. The normalized spacial score (nSPS) is 16.8. The quantitative estimate of drug-likeness (QED) is 0.585.